The van der Waals surface area contributed by atoms with Crippen molar-refractivity contribution < 1.29 is 19.4 Å². The number of ether oxygens (including phenoxy) is 1. The van der Waals surface area contributed by atoms with Gasteiger partial charge in [0.05, 0.1) is 12.3 Å². The van der Waals surface area contributed by atoms with Crippen LogP contribution >= 0.6 is 11.3 Å². The molecular formula is C36H50N6O4S. The Bertz CT molecular complexity index is 1800. The van der Waals surface area contributed by atoms with Crippen molar-refractivity contribution in [2.24, 2.45) is 11.8 Å². The minimum absolute atomic E-state index is 0.128. The molecule has 0 unspecified atom stereocenters. The van der Waals surface area contributed by atoms with E-state index in [0.717, 1.165) is 89.1 Å². The molecule has 1 saturated carbocycles. The monoisotopic (exact) mass is 662 g/mol. The van der Waals surface area contributed by atoms with Gasteiger partial charge in [0.1, 0.15) is 16.8 Å². The van der Waals surface area contributed by atoms with Crippen molar-refractivity contribution in [1.29, 1.82) is 0 Å². The summed E-state index contributed by atoms with van der Waals surface area (Å²) in [6, 6.07) is 0. The van der Waals surface area contributed by atoms with Gasteiger partial charge in [-0.3, -0.25) is 4.79 Å². The third-order valence-corrected chi connectivity index (χ3v) is 11.6. The van der Waals surface area contributed by atoms with Crippen LogP contribution in [0.15, 0.2) is 12.5 Å². The van der Waals surface area contributed by atoms with E-state index in [1.54, 1.807) is 22.2 Å². The molecule has 0 atom stereocenters. The summed E-state index contributed by atoms with van der Waals surface area (Å²) < 4.78 is 9.70. The molecule has 47 heavy (non-hydrogen) atoms. The standard InChI is InChI=1S/C36H50N6O4S/c1-20(2)28-29-23(5)31(25-9-12-40(13-10-25)33(44)26-15-24(16-26)17-37-11-14-43)47-34(29)42(35(45)46-36(6,7)8)30(28)27-18-41-32(38-19-39-41)22(4)21(27)3/h18-20,24-26,37,43H,9-17H2,1-8H3. The van der Waals surface area contributed by atoms with Crippen molar-refractivity contribution >= 4 is 39.2 Å². The molecule has 1 aliphatic heterocycles. The van der Waals surface area contributed by atoms with E-state index in [1.807, 2.05) is 31.5 Å². The molecule has 1 aliphatic carbocycles. The van der Waals surface area contributed by atoms with Gasteiger partial charge in [0.15, 0.2) is 5.65 Å². The number of fused-ring (bicyclic) bond motifs is 2. The van der Waals surface area contributed by atoms with E-state index in [9.17, 15) is 9.59 Å². The van der Waals surface area contributed by atoms with Crippen LogP contribution in [0.1, 0.15) is 99.3 Å². The molecule has 1 saturated heterocycles. The van der Waals surface area contributed by atoms with E-state index < -0.39 is 5.60 Å². The van der Waals surface area contributed by atoms with Crippen LogP contribution in [0.2, 0.25) is 0 Å². The number of nitrogens with one attached hydrogen (secondary N) is 1. The Labute approximate surface area is 281 Å². The molecule has 5 heterocycles. The molecule has 0 bridgehead atoms. The molecule has 2 N–H and O–H groups in total. The number of thiophene rings is 1. The van der Waals surface area contributed by atoms with Crippen molar-refractivity contribution in [3.05, 3.63) is 39.7 Å². The van der Waals surface area contributed by atoms with Gasteiger partial charge >= 0.3 is 6.09 Å². The number of rotatable bonds is 8. The lowest BCUT2D eigenvalue weighted by Gasteiger charge is -2.40. The van der Waals surface area contributed by atoms with Crippen LogP contribution in [0.25, 0.3) is 27.1 Å². The average molecular weight is 663 g/mol. The van der Waals surface area contributed by atoms with E-state index in [1.165, 1.54) is 10.4 Å². The van der Waals surface area contributed by atoms with Gasteiger partial charge in [-0.2, -0.15) is 5.10 Å². The summed E-state index contributed by atoms with van der Waals surface area (Å²) in [6.45, 7) is 19.6. The third-order valence-electron chi connectivity index (χ3n) is 10.1. The minimum Gasteiger partial charge on any atom is -0.443 e. The number of pyridine rings is 1. The SMILES string of the molecule is Cc1c(-c2c(C(C)C)c3c(C)c(C4CCN(C(=O)C5CC(CNCCO)C5)CC4)sc3n2C(=O)OC(C)(C)C)cn2ncnc2c1C. The summed E-state index contributed by atoms with van der Waals surface area (Å²) in [5, 5.41) is 17.9. The summed E-state index contributed by atoms with van der Waals surface area (Å²) in [7, 11) is 0. The van der Waals surface area contributed by atoms with Crippen LogP contribution in [-0.4, -0.2) is 79.6 Å². The first kappa shape index (κ1) is 33.6. The highest BCUT2D eigenvalue weighted by Gasteiger charge is 2.39. The van der Waals surface area contributed by atoms with Crippen LogP contribution in [0.5, 0.6) is 0 Å². The number of nitrogens with zero attached hydrogens (tertiary/aromatic N) is 5. The Kier molecular flexibility index (Phi) is 9.28. The second-order valence-corrected chi connectivity index (χ2v) is 15.9. The molecule has 11 heteroatoms. The van der Waals surface area contributed by atoms with Crippen LogP contribution < -0.4 is 5.32 Å². The largest absolute Gasteiger partial charge is 0.443 e. The second-order valence-electron chi connectivity index (χ2n) is 14.9. The van der Waals surface area contributed by atoms with Crippen molar-refractivity contribution in [3.63, 3.8) is 0 Å². The number of hydrogen-bond acceptors (Lipinski definition) is 8. The molecule has 1 amide bonds. The first-order valence-corrected chi connectivity index (χ1v) is 17.9. The van der Waals surface area contributed by atoms with Gasteiger partial charge in [0, 0.05) is 47.6 Å². The van der Waals surface area contributed by atoms with Gasteiger partial charge in [-0.1, -0.05) is 13.8 Å². The maximum Gasteiger partial charge on any atom is 0.420 e. The van der Waals surface area contributed by atoms with Crippen LogP contribution in [0, 0.1) is 32.6 Å². The Morgan fingerprint density at radius 3 is 2.45 bits per heavy atom. The number of aromatic nitrogens is 4. The highest BCUT2D eigenvalue weighted by molar-refractivity contribution is 7.19. The second kappa shape index (κ2) is 13.0. The summed E-state index contributed by atoms with van der Waals surface area (Å²) >= 11 is 1.71. The number of aliphatic hydroxyl groups is 1. The van der Waals surface area contributed by atoms with Gasteiger partial charge in [-0.25, -0.2) is 18.9 Å². The van der Waals surface area contributed by atoms with E-state index in [2.05, 4.69) is 54.9 Å². The molecule has 4 aromatic heterocycles. The minimum atomic E-state index is -0.658. The fourth-order valence-electron chi connectivity index (χ4n) is 7.58. The predicted octanol–water partition coefficient (Wildman–Crippen LogP) is 6.56. The van der Waals surface area contributed by atoms with Gasteiger partial charge in [0.25, 0.3) is 0 Å². The number of hydrogen-bond donors (Lipinski definition) is 2. The molecule has 2 fully saturated rings. The third kappa shape index (κ3) is 6.22. The predicted molar refractivity (Wildman–Crippen MR) is 186 cm³/mol. The lowest BCUT2D eigenvalue weighted by molar-refractivity contribution is -0.141. The van der Waals surface area contributed by atoms with Gasteiger partial charge in [-0.05, 0) is 114 Å². The molecule has 0 spiro atoms. The van der Waals surface area contributed by atoms with E-state index in [-0.39, 0.29) is 24.5 Å². The smallest absolute Gasteiger partial charge is 0.420 e. The summed E-state index contributed by atoms with van der Waals surface area (Å²) in [4.78, 5) is 36.3. The quantitative estimate of drug-likeness (QED) is 0.206. The number of carbonyl (C=O) groups is 2. The summed E-state index contributed by atoms with van der Waals surface area (Å²) in [5.41, 5.74) is 6.45. The Morgan fingerprint density at radius 1 is 1.11 bits per heavy atom. The normalized spacial score (nSPS) is 19.2. The topological polar surface area (TPSA) is 114 Å². The van der Waals surface area contributed by atoms with Crippen molar-refractivity contribution in [2.45, 2.75) is 98.5 Å². The molecule has 0 aromatic carbocycles. The number of aliphatic hydroxyl groups excluding tert-OH is 1. The number of likely N-dealkylation sites (tertiary alicyclic amines) is 1. The maximum atomic E-state index is 14.2. The molecular weight excluding hydrogens is 613 g/mol. The fraction of sp³-hybridized carbons (Fsp3) is 0.611. The van der Waals surface area contributed by atoms with Crippen molar-refractivity contribution in [2.75, 3.05) is 32.8 Å². The lowest BCUT2D eigenvalue weighted by Crippen LogP contribution is -2.46. The summed E-state index contributed by atoms with van der Waals surface area (Å²) in [6.07, 6.45) is 6.89. The Hall–Kier alpha value is -3.28. The van der Waals surface area contributed by atoms with E-state index in [4.69, 9.17) is 9.84 Å². The Morgan fingerprint density at radius 2 is 1.81 bits per heavy atom. The first-order valence-electron chi connectivity index (χ1n) is 17.1. The zero-order valence-electron chi connectivity index (χ0n) is 29.1. The zero-order valence-corrected chi connectivity index (χ0v) is 30.0. The molecule has 2 aliphatic rings. The van der Waals surface area contributed by atoms with Crippen molar-refractivity contribution in [1.82, 2.24) is 29.4 Å². The fourth-order valence-corrected chi connectivity index (χ4v) is 9.07. The van der Waals surface area contributed by atoms with E-state index >= 15 is 0 Å². The van der Waals surface area contributed by atoms with Gasteiger partial charge in [0.2, 0.25) is 5.91 Å². The van der Waals surface area contributed by atoms with Crippen LogP contribution in [-0.2, 0) is 9.53 Å². The summed E-state index contributed by atoms with van der Waals surface area (Å²) in [5.74, 6) is 1.43. The number of piperidine rings is 1. The van der Waals surface area contributed by atoms with Gasteiger partial charge < -0.3 is 20.1 Å². The molecule has 0 radical (unpaired) electrons. The molecule has 4 aromatic rings. The number of amides is 1. The molecule has 254 valence electrons. The maximum absolute atomic E-state index is 14.2. The van der Waals surface area contributed by atoms with Crippen LogP contribution in [0.3, 0.4) is 0 Å². The molecule has 6 rings (SSSR count). The number of aryl methyl sites for hydroxylation is 2. The highest BCUT2D eigenvalue weighted by Crippen LogP contribution is 2.49. The Balaban J connectivity index is 1.34. The number of carbonyl (C=O) groups excluding carboxylic acids is 2. The lowest BCUT2D eigenvalue weighted by atomic mass is 9.74. The highest BCUT2D eigenvalue weighted by atomic mass is 32.1. The van der Waals surface area contributed by atoms with Crippen molar-refractivity contribution in [3.8, 4) is 11.3 Å². The zero-order chi connectivity index (χ0) is 33.8. The van der Waals surface area contributed by atoms with Gasteiger partial charge in [-0.15, -0.1) is 11.3 Å². The first-order chi connectivity index (χ1) is 22.3. The van der Waals surface area contributed by atoms with Crippen LogP contribution in [0.4, 0.5) is 4.79 Å². The molecule has 10 nitrogen and oxygen atoms in total. The average Bonchev–Trinajstić information content (AvgIpc) is 3.68. The van der Waals surface area contributed by atoms with E-state index in [0.29, 0.717) is 24.3 Å².